The Labute approximate surface area is 151 Å². The summed E-state index contributed by atoms with van der Waals surface area (Å²) in [5, 5.41) is 3.05. The molecular weight excluding hydrogens is 316 g/mol. The minimum atomic E-state index is -0.342. The maximum Gasteiger partial charge on any atom is 0.407 e. The Balaban J connectivity index is 1.86. The van der Waals surface area contributed by atoms with Crippen LogP contribution in [0.2, 0.25) is 0 Å². The van der Waals surface area contributed by atoms with Gasteiger partial charge in [-0.05, 0) is 45.7 Å². The first-order valence-electron chi connectivity index (χ1n) is 9.19. The van der Waals surface area contributed by atoms with Crippen molar-refractivity contribution in [2.75, 3.05) is 20.8 Å². The highest BCUT2D eigenvalue weighted by atomic mass is 16.5. The van der Waals surface area contributed by atoms with E-state index in [9.17, 15) is 4.79 Å². The Morgan fingerprint density at radius 3 is 2.64 bits per heavy atom. The molecule has 0 heterocycles. The maximum absolute atomic E-state index is 12.2. The van der Waals surface area contributed by atoms with Crippen LogP contribution >= 0.6 is 0 Å². The molecule has 1 saturated carbocycles. The number of nitrogens with one attached hydrogen (secondary N) is 1. The summed E-state index contributed by atoms with van der Waals surface area (Å²) >= 11 is 0. The summed E-state index contributed by atoms with van der Waals surface area (Å²) in [4.78, 5) is 14.6. The molecule has 0 spiro atoms. The number of amides is 1. The van der Waals surface area contributed by atoms with Gasteiger partial charge in [-0.2, -0.15) is 0 Å². The molecule has 1 amide bonds. The van der Waals surface area contributed by atoms with E-state index >= 15 is 0 Å². The summed E-state index contributed by atoms with van der Waals surface area (Å²) in [7, 11) is 3.90. The lowest BCUT2D eigenvalue weighted by atomic mass is 9.81. The van der Waals surface area contributed by atoms with E-state index in [4.69, 9.17) is 9.47 Å². The first kappa shape index (κ1) is 19.7. The Morgan fingerprint density at radius 1 is 1.28 bits per heavy atom. The van der Waals surface area contributed by atoms with Crippen LogP contribution in [-0.2, 0) is 16.1 Å². The number of ether oxygens (including phenoxy) is 2. The van der Waals surface area contributed by atoms with Crippen LogP contribution < -0.4 is 5.32 Å². The van der Waals surface area contributed by atoms with Crippen molar-refractivity contribution in [1.82, 2.24) is 10.2 Å². The van der Waals surface area contributed by atoms with Gasteiger partial charge in [-0.25, -0.2) is 4.79 Å². The SMILES string of the molecule is COC[C@@H]1C[C@H](N(C)C(C)C)CC[C@@H]1NC(=O)OCc1ccccc1. The van der Waals surface area contributed by atoms with E-state index in [1.54, 1.807) is 7.11 Å². The Hall–Kier alpha value is -1.59. The highest BCUT2D eigenvalue weighted by molar-refractivity contribution is 5.67. The number of nitrogens with zero attached hydrogens (tertiary/aromatic N) is 1. The quantitative estimate of drug-likeness (QED) is 0.820. The molecule has 0 aliphatic heterocycles. The van der Waals surface area contributed by atoms with Gasteiger partial charge in [-0.3, -0.25) is 0 Å². The zero-order valence-electron chi connectivity index (χ0n) is 15.9. The molecule has 0 bridgehead atoms. The van der Waals surface area contributed by atoms with Crippen molar-refractivity contribution in [2.45, 2.75) is 57.8 Å². The average Bonchev–Trinajstić information content (AvgIpc) is 2.62. The predicted octanol–water partition coefficient (Wildman–Crippen LogP) is 3.44. The fourth-order valence-electron chi connectivity index (χ4n) is 3.54. The Morgan fingerprint density at radius 2 is 2.00 bits per heavy atom. The van der Waals surface area contributed by atoms with E-state index in [-0.39, 0.29) is 12.1 Å². The topological polar surface area (TPSA) is 50.8 Å². The average molecular weight is 348 g/mol. The van der Waals surface area contributed by atoms with E-state index in [0.29, 0.717) is 31.2 Å². The van der Waals surface area contributed by atoms with Crippen LogP contribution in [0.15, 0.2) is 30.3 Å². The second kappa shape index (κ2) is 9.78. The number of hydrogen-bond donors (Lipinski definition) is 1. The number of carbonyl (C=O) groups is 1. The van der Waals surface area contributed by atoms with E-state index in [0.717, 1.165) is 24.8 Å². The van der Waals surface area contributed by atoms with Crippen LogP contribution in [0.1, 0.15) is 38.7 Å². The second-order valence-corrected chi connectivity index (χ2v) is 7.25. The summed E-state index contributed by atoms with van der Waals surface area (Å²) in [5.74, 6) is 0.314. The molecule has 2 rings (SSSR count). The molecule has 1 aliphatic carbocycles. The van der Waals surface area contributed by atoms with Crippen LogP contribution in [0.3, 0.4) is 0 Å². The largest absolute Gasteiger partial charge is 0.445 e. The van der Waals surface area contributed by atoms with Crippen LogP contribution in [0.25, 0.3) is 0 Å². The zero-order valence-corrected chi connectivity index (χ0v) is 15.9. The van der Waals surface area contributed by atoms with Gasteiger partial charge in [0.2, 0.25) is 0 Å². The molecule has 1 aromatic rings. The molecule has 1 N–H and O–H groups in total. The van der Waals surface area contributed by atoms with Crippen molar-refractivity contribution in [3.05, 3.63) is 35.9 Å². The summed E-state index contributed by atoms with van der Waals surface area (Å²) < 4.78 is 10.8. The van der Waals surface area contributed by atoms with Crippen LogP contribution in [0.4, 0.5) is 4.79 Å². The second-order valence-electron chi connectivity index (χ2n) is 7.25. The smallest absolute Gasteiger partial charge is 0.407 e. The van der Waals surface area contributed by atoms with Crippen molar-refractivity contribution in [2.24, 2.45) is 5.92 Å². The molecule has 1 aliphatic rings. The van der Waals surface area contributed by atoms with E-state index in [2.05, 4.69) is 31.1 Å². The molecule has 0 saturated heterocycles. The fourth-order valence-corrected chi connectivity index (χ4v) is 3.54. The number of benzene rings is 1. The summed E-state index contributed by atoms with van der Waals surface area (Å²) in [5.41, 5.74) is 0.994. The van der Waals surface area contributed by atoms with Gasteiger partial charge in [-0.1, -0.05) is 30.3 Å². The number of hydrogen-bond acceptors (Lipinski definition) is 4. The zero-order chi connectivity index (χ0) is 18.2. The van der Waals surface area contributed by atoms with Crippen LogP contribution in [0.5, 0.6) is 0 Å². The van der Waals surface area contributed by atoms with Crippen molar-refractivity contribution < 1.29 is 14.3 Å². The molecule has 140 valence electrons. The lowest BCUT2D eigenvalue weighted by molar-refractivity contribution is 0.0548. The van der Waals surface area contributed by atoms with E-state index in [1.807, 2.05) is 30.3 Å². The molecule has 5 heteroatoms. The minimum absolute atomic E-state index is 0.111. The summed E-state index contributed by atoms with van der Waals surface area (Å²) in [6, 6.07) is 10.9. The molecule has 0 unspecified atom stereocenters. The number of rotatable bonds is 7. The van der Waals surface area contributed by atoms with Crippen molar-refractivity contribution >= 4 is 6.09 Å². The first-order chi connectivity index (χ1) is 12.0. The molecule has 1 aromatic carbocycles. The third-order valence-corrected chi connectivity index (χ3v) is 5.24. The van der Waals surface area contributed by atoms with E-state index in [1.165, 1.54) is 0 Å². The van der Waals surface area contributed by atoms with Crippen molar-refractivity contribution in [3.63, 3.8) is 0 Å². The van der Waals surface area contributed by atoms with Crippen LogP contribution in [0, 0.1) is 5.92 Å². The molecule has 5 nitrogen and oxygen atoms in total. The molecule has 25 heavy (non-hydrogen) atoms. The standard InChI is InChI=1S/C20H32N2O3/c1-15(2)22(3)18-10-11-19(17(12-18)14-24-4)21-20(23)25-13-16-8-6-5-7-9-16/h5-9,15,17-19H,10-14H2,1-4H3,(H,21,23)/t17-,18+,19-/m0/s1. The maximum atomic E-state index is 12.2. The number of methoxy groups -OCH3 is 1. The van der Waals surface area contributed by atoms with Crippen molar-refractivity contribution in [1.29, 1.82) is 0 Å². The lowest BCUT2D eigenvalue weighted by Gasteiger charge is -2.41. The van der Waals surface area contributed by atoms with Gasteiger partial charge in [-0.15, -0.1) is 0 Å². The molecule has 0 radical (unpaired) electrons. The van der Waals surface area contributed by atoms with Crippen LogP contribution in [-0.4, -0.2) is 49.9 Å². The third-order valence-electron chi connectivity index (χ3n) is 5.24. The molecule has 3 atom stereocenters. The summed E-state index contributed by atoms with van der Waals surface area (Å²) in [6.45, 7) is 5.40. The Bertz CT molecular complexity index is 521. The summed E-state index contributed by atoms with van der Waals surface area (Å²) in [6.07, 6.45) is 2.73. The third kappa shape index (κ3) is 6.01. The fraction of sp³-hybridized carbons (Fsp3) is 0.650. The number of alkyl carbamates (subject to hydrolysis) is 1. The highest BCUT2D eigenvalue weighted by Gasteiger charge is 2.34. The molecule has 0 aromatic heterocycles. The van der Waals surface area contributed by atoms with Gasteiger partial charge in [0.1, 0.15) is 6.61 Å². The van der Waals surface area contributed by atoms with Gasteiger partial charge in [0.05, 0.1) is 6.61 Å². The minimum Gasteiger partial charge on any atom is -0.445 e. The monoisotopic (exact) mass is 348 g/mol. The first-order valence-corrected chi connectivity index (χ1v) is 9.19. The highest BCUT2D eigenvalue weighted by Crippen LogP contribution is 2.29. The van der Waals surface area contributed by atoms with Gasteiger partial charge >= 0.3 is 6.09 Å². The Kier molecular flexibility index (Phi) is 7.72. The van der Waals surface area contributed by atoms with Gasteiger partial charge in [0.25, 0.3) is 0 Å². The molecular formula is C20H32N2O3. The van der Waals surface area contributed by atoms with Crippen molar-refractivity contribution in [3.8, 4) is 0 Å². The van der Waals surface area contributed by atoms with Gasteiger partial charge in [0.15, 0.2) is 0 Å². The normalized spacial score (nSPS) is 23.7. The predicted molar refractivity (Wildman–Crippen MR) is 99.5 cm³/mol. The van der Waals surface area contributed by atoms with Gasteiger partial charge < -0.3 is 19.7 Å². The lowest BCUT2D eigenvalue weighted by Crippen LogP contribution is -2.50. The molecule has 1 fully saturated rings. The number of carbonyl (C=O) groups excluding carboxylic acids is 1. The van der Waals surface area contributed by atoms with Gasteiger partial charge in [0, 0.05) is 31.2 Å². The van der Waals surface area contributed by atoms with E-state index < -0.39 is 0 Å².